The number of hydrogen-bond acceptors (Lipinski definition) is 6. The smallest absolute Gasteiger partial charge is 0.255 e. The Labute approximate surface area is 345 Å². The van der Waals surface area contributed by atoms with Gasteiger partial charge in [0.05, 0.1) is 11.3 Å². The van der Waals surface area contributed by atoms with Crippen molar-refractivity contribution in [3.63, 3.8) is 0 Å². The van der Waals surface area contributed by atoms with Crippen LogP contribution < -0.4 is 11.1 Å². The Morgan fingerprint density at radius 1 is 1.00 bits per heavy atom. The van der Waals surface area contributed by atoms with Gasteiger partial charge in [-0.2, -0.15) is 0 Å². The van der Waals surface area contributed by atoms with Crippen molar-refractivity contribution in [1.29, 1.82) is 0 Å². The van der Waals surface area contributed by atoms with Crippen molar-refractivity contribution in [2.45, 2.75) is 130 Å². The van der Waals surface area contributed by atoms with Crippen LogP contribution in [-0.2, 0) is 9.59 Å². The number of Topliss-reactive ketones (excluding diaryl/α,β-unsaturated/α-hetero) is 1. The molecule has 1 amide bonds. The van der Waals surface area contributed by atoms with Gasteiger partial charge >= 0.3 is 0 Å². The van der Waals surface area contributed by atoms with Crippen molar-refractivity contribution in [3.8, 4) is 0 Å². The number of amides is 1. The molecule has 0 spiro atoms. The van der Waals surface area contributed by atoms with Crippen molar-refractivity contribution < 1.29 is 19.1 Å². The minimum Gasteiger partial charge on any atom is -0.513 e. The molecule has 8 heteroatoms. The average molecular weight is 791 g/mol. The third-order valence-corrected chi connectivity index (χ3v) is 17.1. The standard InChI is InChI=1S/C49H79FN4O3/c1-13-19-48(24-25-54(27-26-53(11)12)45(57)35(14-2)30-52-10)22-17-42-47(9)21-16-39-43(50)36(28-40(56)38-29-37(33(38)6)34(7)55)15-20-46(39,8)41(47)18-23-49(42,51)44(48)32(5)31(3)4/h13-14,30-31,33,36-39,41-43,52,55H,1-2,7,15-29,51H2,3-6,8-12H3/b35-30+,44-32-. The first-order valence-electron chi connectivity index (χ1n) is 22.4. The van der Waals surface area contributed by atoms with Crippen LogP contribution in [0.2, 0.25) is 0 Å². The Bertz CT molecular complexity index is 1600. The number of halogens is 1. The van der Waals surface area contributed by atoms with Crippen LogP contribution >= 0.6 is 0 Å². The summed E-state index contributed by atoms with van der Waals surface area (Å²) in [5.41, 5.74) is 10.5. The Kier molecular flexibility index (Phi) is 13.9. The maximum absolute atomic E-state index is 16.9. The van der Waals surface area contributed by atoms with Crippen LogP contribution in [0.5, 0.6) is 0 Å². The maximum atomic E-state index is 16.9. The van der Waals surface area contributed by atoms with Crippen molar-refractivity contribution in [3.05, 3.63) is 60.6 Å². The first-order chi connectivity index (χ1) is 26.8. The number of allylic oxidation sites excluding steroid dienone is 3. The average Bonchev–Trinajstić information content (AvgIpc) is 3.13. The lowest BCUT2D eigenvalue weighted by Crippen LogP contribution is -2.69. The van der Waals surface area contributed by atoms with Crippen molar-refractivity contribution in [1.82, 2.24) is 15.1 Å². The second kappa shape index (κ2) is 17.5. The zero-order chi connectivity index (χ0) is 42.2. The summed E-state index contributed by atoms with van der Waals surface area (Å²) in [5, 5.41) is 12.9. The molecule has 7 nitrogen and oxygen atoms in total. The van der Waals surface area contributed by atoms with E-state index in [1.165, 1.54) is 11.1 Å². The summed E-state index contributed by atoms with van der Waals surface area (Å²) in [4.78, 5) is 31.6. The molecule has 0 aromatic carbocycles. The van der Waals surface area contributed by atoms with Crippen LogP contribution in [0.3, 0.4) is 0 Å². The number of alkyl halides is 1. The Balaban J connectivity index is 1.42. The van der Waals surface area contributed by atoms with Gasteiger partial charge in [-0.25, -0.2) is 4.39 Å². The van der Waals surface area contributed by atoms with Gasteiger partial charge in [-0.05, 0) is 149 Å². The zero-order valence-electron chi connectivity index (χ0n) is 37.3. The number of carbonyl (C=O) groups is 2. The SMILES string of the molecule is C=CCC1(CCN(CCN(C)C)C(=O)/C(C=C)=C/NC)CCC2C(N)(CCC3C4(C)CCC(CC(=O)C5CC(C(=C)O)C5C)C(F)C4CCC23C)/C1=C(/C)C(C)C. The fraction of sp³-hybridized carbons (Fsp3) is 0.755. The predicted octanol–water partition coefficient (Wildman–Crippen LogP) is 9.58. The molecule has 0 aliphatic heterocycles. The molecule has 5 saturated carbocycles. The third-order valence-electron chi connectivity index (χ3n) is 17.1. The minimum absolute atomic E-state index is 0.0142. The second-order valence-electron chi connectivity index (χ2n) is 20.5. The number of aliphatic hydroxyl groups excluding tert-OH is 1. The predicted molar refractivity (Wildman–Crippen MR) is 233 cm³/mol. The fourth-order valence-corrected chi connectivity index (χ4v) is 13.7. The van der Waals surface area contributed by atoms with Crippen molar-refractivity contribution >= 4 is 11.7 Å². The number of aliphatic hydroxyl groups is 1. The number of rotatable bonds is 16. The summed E-state index contributed by atoms with van der Waals surface area (Å²) in [7, 11) is 5.89. The second-order valence-corrected chi connectivity index (χ2v) is 20.5. The molecule has 57 heavy (non-hydrogen) atoms. The highest BCUT2D eigenvalue weighted by Gasteiger charge is 2.67. The molecule has 0 bridgehead atoms. The number of fused-ring (bicyclic) bond motifs is 5. The van der Waals surface area contributed by atoms with E-state index in [1.807, 2.05) is 25.9 Å². The molecule has 0 aromatic heterocycles. The lowest BCUT2D eigenvalue weighted by atomic mass is 9.36. The molecule has 0 aromatic rings. The van der Waals surface area contributed by atoms with Gasteiger partial charge in [-0.1, -0.05) is 65.5 Å². The van der Waals surface area contributed by atoms with Gasteiger partial charge in [0.15, 0.2) is 0 Å². The van der Waals surface area contributed by atoms with E-state index in [2.05, 4.69) is 70.6 Å². The molecule has 5 aliphatic rings. The molecular weight excluding hydrogens is 712 g/mol. The van der Waals surface area contributed by atoms with Crippen LogP contribution in [0.1, 0.15) is 119 Å². The quantitative estimate of drug-likeness (QED) is 0.0624. The van der Waals surface area contributed by atoms with E-state index in [4.69, 9.17) is 5.73 Å². The zero-order valence-corrected chi connectivity index (χ0v) is 37.3. The molecular formula is C49H79FN4O3. The highest BCUT2D eigenvalue weighted by atomic mass is 19.1. The van der Waals surface area contributed by atoms with Crippen LogP contribution in [0, 0.1) is 63.6 Å². The molecule has 0 radical (unpaired) electrons. The summed E-state index contributed by atoms with van der Waals surface area (Å²) in [5.74, 6) is 0.981. The van der Waals surface area contributed by atoms with Crippen molar-refractivity contribution in [2.75, 3.05) is 40.8 Å². The number of carbonyl (C=O) groups excluding carboxylic acids is 2. The first kappa shape index (κ1) is 45.4. The monoisotopic (exact) mass is 791 g/mol. The van der Waals surface area contributed by atoms with E-state index in [0.717, 1.165) is 70.8 Å². The molecule has 0 saturated heterocycles. The molecule has 5 aliphatic carbocycles. The van der Waals surface area contributed by atoms with E-state index < -0.39 is 11.7 Å². The van der Waals surface area contributed by atoms with E-state index in [-0.39, 0.29) is 69.2 Å². The largest absolute Gasteiger partial charge is 0.513 e. The number of nitrogens with two attached hydrogens (primary N) is 1. The maximum Gasteiger partial charge on any atom is 0.255 e. The van der Waals surface area contributed by atoms with Crippen LogP contribution in [0.4, 0.5) is 4.39 Å². The van der Waals surface area contributed by atoms with Crippen LogP contribution in [0.25, 0.3) is 0 Å². The van der Waals surface area contributed by atoms with Gasteiger partial charge in [-0.15, -0.1) is 6.58 Å². The summed E-state index contributed by atoms with van der Waals surface area (Å²) in [6.07, 6.45) is 14.4. The normalized spacial score (nSPS) is 39.9. The van der Waals surface area contributed by atoms with Gasteiger partial charge < -0.3 is 26.0 Å². The van der Waals surface area contributed by atoms with Gasteiger partial charge in [-0.3, -0.25) is 9.59 Å². The molecule has 12 atom stereocenters. The van der Waals surface area contributed by atoms with Crippen LogP contribution in [0.15, 0.2) is 60.6 Å². The summed E-state index contributed by atoms with van der Waals surface area (Å²) in [6.45, 7) is 27.7. The highest BCUT2D eigenvalue weighted by Crippen LogP contribution is 2.71. The molecule has 5 fully saturated rings. The topological polar surface area (TPSA) is 98.9 Å². The number of nitrogens with one attached hydrogen (secondary N) is 1. The fourth-order valence-electron chi connectivity index (χ4n) is 13.7. The molecule has 0 heterocycles. The van der Waals surface area contributed by atoms with Gasteiger partial charge in [0.25, 0.3) is 5.91 Å². The van der Waals surface area contributed by atoms with E-state index >= 15 is 4.39 Å². The van der Waals surface area contributed by atoms with Crippen molar-refractivity contribution in [2.24, 2.45) is 69.3 Å². The highest BCUT2D eigenvalue weighted by molar-refractivity contribution is 5.96. The molecule has 320 valence electrons. The van der Waals surface area contributed by atoms with E-state index in [0.29, 0.717) is 43.3 Å². The first-order valence-corrected chi connectivity index (χ1v) is 22.4. The summed E-state index contributed by atoms with van der Waals surface area (Å²) in [6, 6.07) is 0. The lowest BCUT2D eigenvalue weighted by Gasteiger charge is -2.69. The molecule has 5 rings (SSSR count). The Morgan fingerprint density at radius 2 is 1.67 bits per heavy atom. The van der Waals surface area contributed by atoms with Gasteiger partial charge in [0.2, 0.25) is 0 Å². The summed E-state index contributed by atoms with van der Waals surface area (Å²) < 4.78 is 16.9. The van der Waals surface area contributed by atoms with Gasteiger partial charge in [0.1, 0.15) is 12.0 Å². The van der Waals surface area contributed by atoms with E-state index in [1.54, 1.807) is 19.3 Å². The Morgan fingerprint density at radius 3 is 2.25 bits per heavy atom. The number of ketones is 1. The number of hydrogen-bond donors (Lipinski definition) is 3. The third kappa shape index (κ3) is 8.13. The molecule has 4 N–H and O–H groups in total. The number of nitrogens with zero attached hydrogens (tertiary/aromatic N) is 2. The lowest BCUT2D eigenvalue weighted by molar-refractivity contribution is -0.181. The summed E-state index contributed by atoms with van der Waals surface area (Å²) >= 11 is 0. The van der Waals surface area contributed by atoms with Gasteiger partial charge in [0, 0.05) is 56.7 Å². The van der Waals surface area contributed by atoms with E-state index in [9.17, 15) is 14.7 Å². The Hall–Kier alpha value is -2.71. The minimum atomic E-state index is -0.978. The number of likely N-dealkylation sites (N-methyl/N-ethyl adjacent to an activating group) is 1. The molecule has 12 unspecified atom stereocenters. The van der Waals surface area contributed by atoms with Crippen LogP contribution in [-0.4, -0.2) is 79.1 Å².